The van der Waals surface area contributed by atoms with Gasteiger partial charge >= 0.3 is 0 Å². The predicted molar refractivity (Wildman–Crippen MR) is 103 cm³/mol. The Bertz CT molecular complexity index is 950. The molecule has 142 valence electrons. The number of ether oxygens (including phenoxy) is 1. The third-order valence-corrected chi connectivity index (χ3v) is 5.00. The van der Waals surface area contributed by atoms with Crippen LogP contribution in [0.2, 0.25) is 0 Å². The van der Waals surface area contributed by atoms with Gasteiger partial charge in [0.05, 0.1) is 12.9 Å². The lowest BCUT2D eigenvalue weighted by molar-refractivity contribution is 0.415. The van der Waals surface area contributed by atoms with Gasteiger partial charge in [-0.2, -0.15) is 0 Å². The smallest absolute Gasteiger partial charge is 0.226 e. The first-order valence-electron chi connectivity index (χ1n) is 8.63. The van der Waals surface area contributed by atoms with Crippen molar-refractivity contribution in [3.05, 3.63) is 52.6 Å². The van der Waals surface area contributed by atoms with E-state index in [0.717, 1.165) is 47.9 Å². The van der Waals surface area contributed by atoms with Crippen molar-refractivity contribution >= 4 is 11.8 Å². The highest BCUT2D eigenvalue weighted by Crippen LogP contribution is 2.28. The number of benzene rings is 1. The Morgan fingerprint density at radius 3 is 2.70 bits per heavy atom. The van der Waals surface area contributed by atoms with E-state index in [1.807, 2.05) is 24.3 Å². The zero-order valence-electron chi connectivity index (χ0n) is 15.2. The third-order valence-electron chi connectivity index (χ3n) is 4.01. The van der Waals surface area contributed by atoms with Crippen LogP contribution in [0.3, 0.4) is 0 Å². The Kier molecular flexibility index (Phi) is 6.18. The molecule has 1 aromatic carbocycles. The molecule has 8 heteroatoms. The van der Waals surface area contributed by atoms with Crippen LogP contribution in [-0.4, -0.2) is 27.0 Å². The highest BCUT2D eigenvalue weighted by Gasteiger charge is 2.15. The number of methoxy groups -OCH3 is 1. The fourth-order valence-electron chi connectivity index (χ4n) is 2.52. The van der Waals surface area contributed by atoms with Gasteiger partial charge in [-0.25, -0.2) is 0 Å². The molecule has 0 atom stereocenters. The lowest BCUT2D eigenvalue weighted by Crippen LogP contribution is -2.03. The maximum Gasteiger partial charge on any atom is 0.226 e. The first kappa shape index (κ1) is 19.0. The Morgan fingerprint density at radius 1 is 1.26 bits per heavy atom. The largest absolute Gasteiger partial charge is 0.502 e. The van der Waals surface area contributed by atoms with E-state index in [1.165, 1.54) is 17.8 Å². The van der Waals surface area contributed by atoms with Crippen molar-refractivity contribution in [2.75, 3.05) is 7.11 Å². The SMILES string of the molecule is CCCCn1c(SCc2cc(=O)c(O)co2)nnc1-c1ccc(OC)cc1. The van der Waals surface area contributed by atoms with Gasteiger partial charge in [-0.3, -0.25) is 4.79 Å². The van der Waals surface area contributed by atoms with Crippen LogP contribution < -0.4 is 10.2 Å². The molecule has 0 radical (unpaired) electrons. The van der Waals surface area contributed by atoms with Gasteiger partial charge in [0.1, 0.15) is 17.8 Å². The molecule has 1 N–H and O–H groups in total. The van der Waals surface area contributed by atoms with Gasteiger partial charge < -0.3 is 18.8 Å². The molecule has 0 aliphatic rings. The number of hydrogen-bond donors (Lipinski definition) is 1. The van der Waals surface area contributed by atoms with E-state index in [2.05, 4.69) is 21.7 Å². The lowest BCUT2D eigenvalue weighted by Gasteiger charge is -2.10. The van der Waals surface area contributed by atoms with E-state index in [1.54, 1.807) is 7.11 Å². The van der Waals surface area contributed by atoms with Crippen LogP contribution in [0.5, 0.6) is 11.5 Å². The number of aromatic hydroxyl groups is 1. The first-order chi connectivity index (χ1) is 13.1. The molecule has 0 spiro atoms. The van der Waals surface area contributed by atoms with E-state index in [4.69, 9.17) is 9.15 Å². The summed E-state index contributed by atoms with van der Waals surface area (Å²) in [7, 11) is 1.63. The number of rotatable bonds is 8. The van der Waals surface area contributed by atoms with E-state index in [0.29, 0.717) is 11.5 Å². The number of unbranched alkanes of at least 4 members (excludes halogenated alkanes) is 1. The molecule has 3 rings (SSSR count). The zero-order valence-corrected chi connectivity index (χ0v) is 16.0. The van der Waals surface area contributed by atoms with Crippen molar-refractivity contribution < 1.29 is 14.3 Å². The maximum absolute atomic E-state index is 11.5. The van der Waals surface area contributed by atoms with Crippen molar-refractivity contribution in [2.24, 2.45) is 0 Å². The molecule has 3 aromatic rings. The van der Waals surface area contributed by atoms with Gasteiger partial charge in [0.2, 0.25) is 5.43 Å². The highest BCUT2D eigenvalue weighted by molar-refractivity contribution is 7.98. The Morgan fingerprint density at radius 2 is 2.04 bits per heavy atom. The molecule has 2 aromatic heterocycles. The van der Waals surface area contributed by atoms with Gasteiger partial charge in [0.15, 0.2) is 16.7 Å². The summed E-state index contributed by atoms with van der Waals surface area (Å²) in [5, 5.41) is 18.7. The van der Waals surface area contributed by atoms with Crippen molar-refractivity contribution in [3.8, 4) is 22.9 Å². The van der Waals surface area contributed by atoms with Gasteiger partial charge in [0.25, 0.3) is 0 Å². The summed E-state index contributed by atoms with van der Waals surface area (Å²) in [4.78, 5) is 11.5. The average Bonchev–Trinajstić information content (AvgIpc) is 3.10. The molecule has 7 nitrogen and oxygen atoms in total. The number of hydrogen-bond acceptors (Lipinski definition) is 7. The third kappa shape index (κ3) is 4.51. The molecular weight excluding hydrogens is 366 g/mol. The van der Waals surface area contributed by atoms with Crippen LogP contribution in [0.25, 0.3) is 11.4 Å². The molecule has 0 saturated carbocycles. The van der Waals surface area contributed by atoms with Gasteiger partial charge in [0, 0.05) is 18.2 Å². The molecule has 0 bridgehead atoms. The van der Waals surface area contributed by atoms with E-state index < -0.39 is 11.2 Å². The Hall–Kier alpha value is -2.74. The van der Waals surface area contributed by atoms with Crippen molar-refractivity contribution in [2.45, 2.75) is 37.2 Å². The number of aromatic nitrogens is 3. The van der Waals surface area contributed by atoms with Crippen LogP contribution in [0.1, 0.15) is 25.5 Å². The summed E-state index contributed by atoms with van der Waals surface area (Å²) in [6.45, 7) is 2.93. The van der Waals surface area contributed by atoms with Crippen LogP contribution in [0.15, 0.2) is 51.0 Å². The molecule has 0 unspecified atom stereocenters. The predicted octanol–water partition coefficient (Wildman–Crippen LogP) is 3.70. The monoisotopic (exact) mass is 387 g/mol. The quantitative estimate of drug-likeness (QED) is 0.589. The maximum atomic E-state index is 11.5. The summed E-state index contributed by atoms with van der Waals surface area (Å²) in [5.41, 5.74) is 0.505. The van der Waals surface area contributed by atoms with Crippen LogP contribution >= 0.6 is 11.8 Å². The fraction of sp³-hybridized carbons (Fsp3) is 0.316. The molecule has 0 amide bonds. The number of thioether (sulfide) groups is 1. The fourth-order valence-corrected chi connectivity index (χ4v) is 3.38. The standard InChI is InChI=1S/C19H21N3O4S/c1-3-4-9-22-18(13-5-7-14(25-2)8-6-13)20-21-19(22)27-12-15-10-16(23)17(24)11-26-15/h5-8,10-11,24H,3-4,9,12H2,1-2H3. The second kappa shape index (κ2) is 8.77. The molecule has 0 aliphatic heterocycles. The van der Waals surface area contributed by atoms with Gasteiger partial charge in [-0.05, 0) is 30.7 Å². The molecular formula is C19H21N3O4S. The minimum Gasteiger partial charge on any atom is -0.502 e. The van der Waals surface area contributed by atoms with Gasteiger partial charge in [-0.1, -0.05) is 25.1 Å². The summed E-state index contributed by atoms with van der Waals surface area (Å²) in [5.74, 6) is 2.08. The molecule has 27 heavy (non-hydrogen) atoms. The molecule has 2 heterocycles. The average molecular weight is 387 g/mol. The highest BCUT2D eigenvalue weighted by atomic mass is 32.2. The van der Waals surface area contributed by atoms with Crippen LogP contribution in [0.4, 0.5) is 0 Å². The first-order valence-corrected chi connectivity index (χ1v) is 9.62. The molecule has 0 saturated heterocycles. The van der Waals surface area contributed by atoms with E-state index in [-0.39, 0.29) is 0 Å². The van der Waals surface area contributed by atoms with Gasteiger partial charge in [-0.15, -0.1) is 10.2 Å². The summed E-state index contributed by atoms with van der Waals surface area (Å²) in [6.07, 6.45) is 3.11. The zero-order chi connectivity index (χ0) is 19.2. The second-order valence-electron chi connectivity index (χ2n) is 5.92. The Labute approximate surface area is 161 Å². The minimum absolute atomic E-state index is 0.392. The number of nitrogens with zero attached hydrogens (tertiary/aromatic N) is 3. The van der Waals surface area contributed by atoms with Crippen molar-refractivity contribution in [1.29, 1.82) is 0 Å². The summed E-state index contributed by atoms with van der Waals surface area (Å²) >= 11 is 1.44. The normalized spacial score (nSPS) is 10.9. The van der Waals surface area contributed by atoms with Crippen LogP contribution in [0, 0.1) is 0 Å². The summed E-state index contributed by atoms with van der Waals surface area (Å²) < 4.78 is 12.5. The Balaban J connectivity index is 1.84. The minimum atomic E-state index is -0.455. The summed E-state index contributed by atoms with van der Waals surface area (Å²) in [6, 6.07) is 9.00. The molecule has 0 aliphatic carbocycles. The van der Waals surface area contributed by atoms with Crippen LogP contribution in [-0.2, 0) is 12.3 Å². The lowest BCUT2D eigenvalue weighted by atomic mass is 10.2. The molecule has 0 fully saturated rings. The van der Waals surface area contributed by atoms with Crippen molar-refractivity contribution in [3.63, 3.8) is 0 Å². The second-order valence-corrected chi connectivity index (χ2v) is 6.87. The van der Waals surface area contributed by atoms with E-state index >= 15 is 0 Å². The topological polar surface area (TPSA) is 90.4 Å². The van der Waals surface area contributed by atoms with E-state index in [9.17, 15) is 9.90 Å². The van der Waals surface area contributed by atoms with Crippen molar-refractivity contribution in [1.82, 2.24) is 14.8 Å².